The Balaban J connectivity index is 2.32. The monoisotopic (exact) mass is 143 g/mol. The molecule has 58 valence electrons. The minimum absolute atomic E-state index is 0.0220. The molecular weight excluding hydrogens is 130 g/mol. The van der Waals surface area contributed by atoms with Gasteiger partial charge in [0.15, 0.2) is 0 Å². The Bertz CT molecular complexity index is 116. The smallest absolute Gasteiger partial charge is 0.293 e. The van der Waals surface area contributed by atoms with Gasteiger partial charge in [0.1, 0.15) is 6.10 Å². The second-order valence-corrected chi connectivity index (χ2v) is 2.72. The van der Waals surface area contributed by atoms with Crippen LogP contribution in [0.4, 0.5) is 0 Å². The fraction of sp³-hybridized carbons (Fsp3) is 0.857. The molecular formula is C7H13NO2. The summed E-state index contributed by atoms with van der Waals surface area (Å²) in [5.74, 6) is 0. The Morgan fingerprint density at radius 3 is 2.70 bits per heavy atom. The van der Waals surface area contributed by atoms with E-state index in [0.29, 0.717) is 6.47 Å². The molecule has 0 aromatic heterocycles. The molecule has 0 amide bonds. The number of nitrogens with two attached hydrogens (primary N) is 1. The number of rotatable bonds is 2. The third-order valence-electron chi connectivity index (χ3n) is 1.98. The highest BCUT2D eigenvalue weighted by molar-refractivity contribution is 5.37. The number of carbonyl (C=O) groups excluding carboxylic acids is 1. The van der Waals surface area contributed by atoms with Crippen LogP contribution in [0.2, 0.25) is 0 Å². The number of ether oxygens (including phenoxy) is 1. The molecule has 0 aromatic rings. The Labute approximate surface area is 60.5 Å². The van der Waals surface area contributed by atoms with Gasteiger partial charge in [-0.25, -0.2) is 0 Å². The van der Waals surface area contributed by atoms with E-state index in [-0.39, 0.29) is 12.1 Å². The first-order valence-corrected chi connectivity index (χ1v) is 3.69. The van der Waals surface area contributed by atoms with Crippen LogP contribution in [-0.4, -0.2) is 18.6 Å². The Kier molecular flexibility index (Phi) is 2.68. The first-order chi connectivity index (χ1) is 4.84. The highest BCUT2D eigenvalue weighted by atomic mass is 16.5. The van der Waals surface area contributed by atoms with Crippen molar-refractivity contribution in [1.29, 1.82) is 0 Å². The van der Waals surface area contributed by atoms with E-state index in [1.807, 2.05) is 0 Å². The van der Waals surface area contributed by atoms with Gasteiger partial charge >= 0.3 is 0 Å². The quantitative estimate of drug-likeness (QED) is 0.570. The number of hydrogen-bond acceptors (Lipinski definition) is 3. The molecule has 1 aliphatic rings. The van der Waals surface area contributed by atoms with Crippen molar-refractivity contribution in [3.05, 3.63) is 0 Å². The van der Waals surface area contributed by atoms with Gasteiger partial charge in [0, 0.05) is 6.04 Å². The molecule has 0 aliphatic heterocycles. The van der Waals surface area contributed by atoms with E-state index in [4.69, 9.17) is 10.5 Å². The van der Waals surface area contributed by atoms with Gasteiger partial charge in [0.2, 0.25) is 0 Å². The summed E-state index contributed by atoms with van der Waals surface area (Å²) in [5.41, 5.74) is 5.68. The van der Waals surface area contributed by atoms with Gasteiger partial charge in [0.25, 0.3) is 6.47 Å². The summed E-state index contributed by atoms with van der Waals surface area (Å²) in [6, 6.07) is 0.0685. The average Bonchev–Trinajstić information content (AvgIpc) is 1.94. The van der Waals surface area contributed by atoms with E-state index < -0.39 is 0 Å². The zero-order valence-corrected chi connectivity index (χ0v) is 5.95. The van der Waals surface area contributed by atoms with Crippen LogP contribution < -0.4 is 5.73 Å². The highest BCUT2D eigenvalue weighted by Gasteiger charge is 2.22. The molecule has 3 nitrogen and oxygen atoms in total. The zero-order valence-electron chi connectivity index (χ0n) is 5.95. The molecule has 0 unspecified atom stereocenters. The third-order valence-corrected chi connectivity index (χ3v) is 1.98. The summed E-state index contributed by atoms with van der Waals surface area (Å²) in [7, 11) is 0. The fourth-order valence-electron chi connectivity index (χ4n) is 1.37. The molecule has 0 spiro atoms. The van der Waals surface area contributed by atoms with Crippen LogP contribution in [-0.2, 0) is 9.53 Å². The lowest BCUT2D eigenvalue weighted by molar-refractivity contribution is -0.135. The molecule has 1 fully saturated rings. The van der Waals surface area contributed by atoms with E-state index in [0.717, 1.165) is 19.3 Å². The van der Waals surface area contributed by atoms with Crippen LogP contribution in [0.25, 0.3) is 0 Å². The molecule has 0 bridgehead atoms. The van der Waals surface area contributed by atoms with Crippen LogP contribution in [0.5, 0.6) is 0 Å². The largest absolute Gasteiger partial charge is 0.463 e. The predicted molar refractivity (Wildman–Crippen MR) is 37.4 cm³/mol. The number of hydrogen-bond donors (Lipinski definition) is 1. The van der Waals surface area contributed by atoms with Crippen molar-refractivity contribution in [3.8, 4) is 0 Å². The summed E-state index contributed by atoms with van der Waals surface area (Å²) < 4.78 is 4.79. The minimum atomic E-state index is -0.0220. The summed E-state index contributed by atoms with van der Waals surface area (Å²) in [4.78, 5) is 9.94. The van der Waals surface area contributed by atoms with Crippen LogP contribution in [0.15, 0.2) is 0 Å². The maximum atomic E-state index is 9.94. The van der Waals surface area contributed by atoms with Crippen molar-refractivity contribution in [1.82, 2.24) is 0 Å². The summed E-state index contributed by atoms with van der Waals surface area (Å²) >= 11 is 0. The van der Waals surface area contributed by atoms with Gasteiger partial charge < -0.3 is 10.5 Å². The van der Waals surface area contributed by atoms with Crippen LogP contribution in [0, 0.1) is 0 Å². The summed E-state index contributed by atoms with van der Waals surface area (Å²) in [5, 5.41) is 0. The molecule has 1 rings (SSSR count). The zero-order chi connectivity index (χ0) is 7.40. The van der Waals surface area contributed by atoms with Crippen LogP contribution >= 0.6 is 0 Å². The van der Waals surface area contributed by atoms with Gasteiger partial charge in [0.05, 0.1) is 0 Å². The standard InChI is InChI=1S/C7H13NO2/c8-6-3-1-2-4-7(6)10-5-9/h5-7H,1-4,8H2/t6-,7+/m1/s1. The van der Waals surface area contributed by atoms with Gasteiger partial charge in [-0.05, 0) is 19.3 Å². The molecule has 1 saturated carbocycles. The fourth-order valence-corrected chi connectivity index (χ4v) is 1.37. The molecule has 0 aromatic carbocycles. The van der Waals surface area contributed by atoms with Crippen molar-refractivity contribution >= 4 is 6.47 Å². The third kappa shape index (κ3) is 1.70. The second kappa shape index (κ2) is 3.56. The lowest BCUT2D eigenvalue weighted by Crippen LogP contribution is -2.39. The molecule has 0 heterocycles. The Morgan fingerprint density at radius 1 is 1.40 bits per heavy atom. The van der Waals surface area contributed by atoms with Gasteiger partial charge in [-0.3, -0.25) is 4.79 Å². The molecule has 0 radical (unpaired) electrons. The van der Waals surface area contributed by atoms with E-state index in [9.17, 15) is 4.79 Å². The second-order valence-electron chi connectivity index (χ2n) is 2.72. The van der Waals surface area contributed by atoms with Gasteiger partial charge in [-0.1, -0.05) is 6.42 Å². The topological polar surface area (TPSA) is 52.3 Å². The van der Waals surface area contributed by atoms with Crippen molar-refractivity contribution in [2.24, 2.45) is 5.73 Å². The normalized spacial score (nSPS) is 33.3. The maximum Gasteiger partial charge on any atom is 0.293 e. The molecule has 2 atom stereocenters. The van der Waals surface area contributed by atoms with Crippen LogP contribution in [0.3, 0.4) is 0 Å². The Hall–Kier alpha value is -0.570. The SMILES string of the molecule is N[C@@H]1CCCC[C@@H]1OC=O. The van der Waals surface area contributed by atoms with E-state index >= 15 is 0 Å². The van der Waals surface area contributed by atoms with Gasteiger partial charge in [-0.15, -0.1) is 0 Å². The van der Waals surface area contributed by atoms with Crippen molar-refractivity contribution in [2.45, 2.75) is 37.8 Å². The molecule has 3 heteroatoms. The van der Waals surface area contributed by atoms with Crippen molar-refractivity contribution in [3.63, 3.8) is 0 Å². The molecule has 1 aliphatic carbocycles. The lowest BCUT2D eigenvalue weighted by Gasteiger charge is -2.26. The minimum Gasteiger partial charge on any atom is -0.463 e. The molecule has 0 saturated heterocycles. The molecule has 2 N–H and O–H groups in total. The Morgan fingerprint density at radius 2 is 2.10 bits per heavy atom. The lowest BCUT2D eigenvalue weighted by atomic mass is 9.93. The first-order valence-electron chi connectivity index (χ1n) is 3.69. The maximum absolute atomic E-state index is 9.94. The van der Waals surface area contributed by atoms with Crippen LogP contribution in [0.1, 0.15) is 25.7 Å². The predicted octanol–water partition coefficient (Wildman–Crippen LogP) is 0.429. The average molecular weight is 143 g/mol. The van der Waals surface area contributed by atoms with E-state index in [1.54, 1.807) is 0 Å². The van der Waals surface area contributed by atoms with E-state index in [2.05, 4.69) is 0 Å². The summed E-state index contributed by atoms with van der Waals surface area (Å²) in [6.45, 7) is 0.496. The number of carbonyl (C=O) groups is 1. The summed E-state index contributed by atoms with van der Waals surface area (Å²) in [6.07, 6.45) is 4.19. The van der Waals surface area contributed by atoms with Gasteiger partial charge in [-0.2, -0.15) is 0 Å². The first kappa shape index (κ1) is 7.54. The molecule has 10 heavy (non-hydrogen) atoms. The highest BCUT2D eigenvalue weighted by Crippen LogP contribution is 2.18. The van der Waals surface area contributed by atoms with E-state index in [1.165, 1.54) is 6.42 Å². The van der Waals surface area contributed by atoms with Crippen molar-refractivity contribution in [2.75, 3.05) is 0 Å². The van der Waals surface area contributed by atoms with Crippen molar-refractivity contribution < 1.29 is 9.53 Å².